The Labute approximate surface area is 115 Å². The quantitative estimate of drug-likeness (QED) is 0.902. The van der Waals surface area contributed by atoms with E-state index in [0.29, 0.717) is 20.8 Å². The summed E-state index contributed by atoms with van der Waals surface area (Å²) in [5.41, 5.74) is 5.69. The molecule has 0 radical (unpaired) electrons. The highest BCUT2D eigenvalue weighted by Crippen LogP contribution is 2.30. The van der Waals surface area contributed by atoms with E-state index >= 15 is 0 Å². The third-order valence-corrected chi connectivity index (χ3v) is 3.09. The van der Waals surface area contributed by atoms with Crippen LogP contribution in [0.2, 0.25) is 8.67 Å². The van der Waals surface area contributed by atoms with Gasteiger partial charge in [0.05, 0.1) is 9.90 Å². The van der Waals surface area contributed by atoms with E-state index in [9.17, 15) is 4.79 Å². The second kappa shape index (κ2) is 6.07. The monoisotopic (exact) mass is 302 g/mol. The van der Waals surface area contributed by atoms with Crippen LogP contribution in [-0.2, 0) is 0 Å². The number of hydrogen-bond donors (Lipinski definition) is 2. The van der Waals surface area contributed by atoms with Crippen molar-refractivity contribution in [2.75, 3.05) is 6.54 Å². The third kappa shape index (κ3) is 4.89. The van der Waals surface area contributed by atoms with Crippen molar-refractivity contribution in [2.24, 2.45) is 5.73 Å². The average Bonchev–Trinajstić information content (AvgIpc) is 2.40. The Bertz CT molecular complexity index is 373. The van der Waals surface area contributed by atoms with Crippen LogP contribution in [-0.4, -0.2) is 18.0 Å². The zero-order chi connectivity index (χ0) is 11.6. The van der Waals surface area contributed by atoms with Gasteiger partial charge in [-0.1, -0.05) is 23.2 Å². The standard InChI is InChI=1S/C9H12Cl2N2OS.ClH/c1-9(2,12)4-13-8(14)5-3-6(10)15-7(5)11;/h3H,4,12H2,1-2H3,(H,13,14);1H. The maximum atomic E-state index is 11.6. The molecule has 1 aromatic rings. The first-order valence-corrected chi connectivity index (χ1v) is 5.89. The van der Waals surface area contributed by atoms with Gasteiger partial charge < -0.3 is 11.1 Å². The predicted octanol–water partition coefficient (Wildman–Crippen LogP) is 2.94. The Kier molecular flexibility index (Phi) is 6.07. The molecule has 0 spiro atoms. The van der Waals surface area contributed by atoms with Gasteiger partial charge >= 0.3 is 0 Å². The van der Waals surface area contributed by atoms with Gasteiger partial charge in [0, 0.05) is 12.1 Å². The molecule has 0 aliphatic rings. The molecule has 7 heteroatoms. The Morgan fingerprint density at radius 3 is 2.50 bits per heavy atom. The molecule has 92 valence electrons. The first-order chi connectivity index (χ1) is 6.79. The van der Waals surface area contributed by atoms with Gasteiger partial charge in [-0.25, -0.2) is 0 Å². The highest BCUT2D eigenvalue weighted by molar-refractivity contribution is 7.20. The van der Waals surface area contributed by atoms with E-state index in [4.69, 9.17) is 28.9 Å². The van der Waals surface area contributed by atoms with Gasteiger partial charge in [-0.05, 0) is 19.9 Å². The molecule has 1 amide bonds. The van der Waals surface area contributed by atoms with E-state index in [0.717, 1.165) is 0 Å². The maximum absolute atomic E-state index is 11.6. The lowest BCUT2D eigenvalue weighted by Crippen LogP contribution is -2.45. The highest BCUT2D eigenvalue weighted by Gasteiger charge is 2.17. The molecule has 0 aliphatic heterocycles. The summed E-state index contributed by atoms with van der Waals surface area (Å²) in [7, 11) is 0. The summed E-state index contributed by atoms with van der Waals surface area (Å²) in [4.78, 5) is 11.6. The molecular formula is C9H13Cl3N2OS. The van der Waals surface area contributed by atoms with Crippen molar-refractivity contribution in [2.45, 2.75) is 19.4 Å². The molecule has 1 aromatic heterocycles. The Morgan fingerprint density at radius 1 is 1.56 bits per heavy atom. The molecule has 3 nitrogen and oxygen atoms in total. The molecule has 0 aliphatic carbocycles. The van der Waals surface area contributed by atoms with Crippen LogP contribution >= 0.6 is 46.9 Å². The largest absolute Gasteiger partial charge is 0.350 e. The first-order valence-electron chi connectivity index (χ1n) is 4.31. The van der Waals surface area contributed by atoms with Crippen LogP contribution in [0.3, 0.4) is 0 Å². The van der Waals surface area contributed by atoms with Gasteiger partial charge in [-0.3, -0.25) is 4.79 Å². The topological polar surface area (TPSA) is 55.1 Å². The maximum Gasteiger partial charge on any atom is 0.253 e. The number of rotatable bonds is 3. The highest BCUT2D eigenvalue weighted by atomic mass is 35.5. The number of carbonyl (C=O) groups excluding carboxylic acids is 1. The van der Waals surface area contributed by atoms with Gasteiger partial charge in [0.1, 0.15) is 4.34 Å². The Hall–Kier alpha value is -0.000000000000000222. The fourth-order valence-corrected chi connectivity index (χ4v) is 2.36. The molecule has 0 saturated carbocycles. The molecule has 16 heavy (non-hydrogen) atoms. The van der Waals surface area contributed by atoms with E-state index in [2.05, 4.69) is 5.32 Å². The second-order valence-electron chi connectivity index (χ2n) is 3.91. The summed E-state index contributed by atoms with van der Waals surface area (Å²) in [5.74, 6) is -0.248. The molecule has 0 bridgehead atoms. The fraction of sp³-hybridized carbons (Fsp3) is 0.444. The lowest BCUT2D eigenvalue weighted by molar-refractivity contribution is 0.0946. The summed E-state index contributed by atoms with van der Waals surface area (Å²) >= 11 is 12.7. The van der Waals surface area contributed by atoms with Crippen LogP contribution in [0.4, 0.5) is 0 Å². The lowest BCUT2D eigenvalue weighted by atomic mass is 10.1. The Balaban J connectivity index is 0.00000225. The average molecular weight is 304 g/mol. The second-order valence-corrected chi connectivity index (χ2v) is 6.19. The van der Waals surface area contributed by atoms with Gasteiger partial charge in [-0.2, -0.15) is 0 Å². The van der Waals surface area contributed by atoms with E-state index in [1.807, 2.05) is 13.8 Å². The van der Waals surface area contributed by atoms with Crippen LogP contribution in [0.5, 0.6) is 0 Å². The minimum absolute atomic E-state index is 0. The van der Waals surface area contributed by atoms with Crippen molar-refractivity contribution >= 4 is 52.9 Å². The lowest BCUT2D eigenvalue weighted by Gasteiger charge is -2.18. The smallest absolute Gasteiger partial charge is 0.253 e. The molecule has 1 rings (SSSR count). The molecule has 0 saturated heterocycles. The summed E-state index contributed by atoms with van der Waals surface area (Å²) in [6.07, 6.45) is 0. The minimum Gasteiger partial charge on any atom is -0.350 e. The fourth-order valence-electron chi connectivity index (χ4n) is 0.898. The number of hydrogen-bond acceptors (Lipinski definition) is 3. The first kappa shape index (κ1) is 16.0. The molecule has 1 heterocycles. The number of nitrogens with two attached hydrogens (primary N) is 1. The summed E-state index contributed by atoms with van der Waals surface area (Å²) in [5, 5.41) is 2.69. The van der Waals surface area contributed by atoms with Crippen LogP contribution in [0.15, 0.2) is 6.07 Å². The summed E-state index contributed by atoms with van der Waals surface area (Å²) in [6, 6.07) is 1.55. The van der Waals surface area contributed by atoms with Crippen molar-refractivity contribution in [1.29, 1.82) is 0 Å². The van der Waals surface area contributed by atoms with Crippen LogP contribution < -0.4 is 11.1 Å². The normalized spacial score (nSPS) is 10.8. The van der Waals surface area contributed by atoms with Crippen molar-refractivity contribution in [3.05, 3.63) is 20.3 Å². The molecule has 0 aromatic carbocycles. The van der Waals surface area contributed by atoms with Crippen molar-refractivity contribution in [1.82, 2.24) is 5.32 Å². The number of nitrogens with one attached hydrogen (secondary N) is 1. The summed E-state index contributed by atoms with van der Waals surface area (Å²) < 4.78 is 0.893. The van der Waals surface area contributed by atoms with Crippen LogP contribution in [0.1, 0.15) is 24.2 Å². The van der Waals surface area contributed by atoms with E-state index < -0.39 is 5.54 Å². The van der Waals surface area contributed by atoms with Crippen molar-refractivity contribution in [3.63, 3.8) is 0 Å². The number of halogens is 3. The van der Waals surface area contributed by atoms with Gasteiger partial charge in [0.15, 0.2) is 0 Å². The van der Waals surface area contributed by atoms with Gasteiger partial charge in [0.2, 0.25) is 0 Å². The van der Waals surface area contributed by atoms with Crippen molar-refractivity contribution in [3.8, 4) is 0 Å². The third-order valence-electron chi connectivity index (χ3n) is 1.61. The van der Waals surface area contributed by atoms with Crippen LogP contribution in [0.25, 0.3) is 0 Å². The molecule has 0 fully saturated rings. The predicted molar refractivity (Wildman–Crippen MR) is 72.2 cm³/mol. The molecule has 0 unspecified atom stereocenters. The van der Waals surface area contributed by atoms with E-state index in [1.54, 1.807) is 6.07 Å². The van der Waals surface area contributed by atoms with E-state index in [-0.39, 0.29) is 18.3 Å². The van der Waals surface area contributed by atoms with Crippen molar-refractivity contribution < 1.29 is 4.79 Å². The molecular weight excluding hydrogens is 291 g/mol. The molecule has 0 atom stereocenters. The van der Waals surface area contributed by atoms with Gasteiger partial charge in [0.25, 0.3) is 5.91 Å². The van der Waals surface area contributed by atoms with Gasteiger partial charge in [-0.15, -0.1) is 23.7 Å². The molecule has 3 N–H and O–H groups in total. The summed E-state index contributed by atoms with van der Waals surface area (Å²) in [6.45, 7) is 4.04. The number of carbonyl (C=O) groups is 1. The minimum atomic E-state index is -0.443. The number of thiophene rings is 1. The Morgan fingerprint density at radius 2 is 2.12 bits per heavy atom. The zero-order valence-corrected chi connectivity index (χ0v) is 12.0. The van der Waals surface area contributed by atoms with Crippen LogP contribution in [0, 0.1) is 0 Å². The van der Waals surface area contributed by atoms with E-state index in [1.165, 1.54) is 11.3 Å². The zero-order valence-electron chi connectivity index (χ0n) is 8.84. The number of amides is 1. The SMILES string of the molecule is CC(C)(N)CNC(=O)c1cc(Cl)sc1Cl.Cl.